The molecule has 2 aliphatic rings. The number of carbonyl (C=O) groups excluding carboxylic acids is 2. The van der Waals surface area contributed by atoms with Crippen molar-refractivity contribution in [1.82, 2.24) is 0 Å². The van der Waals surface area contributed by atoms with Crippen molar-refractivity contribution in [3.8, 4) is 0 Å². The lowest BCUT2D eigenvalue weighted by Crippen LogP contribution is -2.32. The molecule has 2 saturated carbocycles. The summed E-state index contributed by atoms with van der Waals surface area (Å²) in [5, 5.41) is 0.582. The van der Waals surface area contributed by atoms with Crippen LogP contribution >= 0.6 is 11.8 Å². The van der Waals surface area contributed by atoms with Gasteiger partial charge >= 0.3 is 0 Å². The number of unbranched alkanes of at least 4 members (excludes halogenated alkanes) is 1. The summed E-state index contributed by atoms with van der Waals surface area (Å²) in [7, 11) is 0. The minimum Gasteiger partial charge on any atom is -0.303 e. The third kappa shape index (κ3) is 6.12. The van der Waals surface area contributed by atoms with Crippen LogP contribution < -0.4 is 0 Å². The predicted molar refractivity (Wildman–Crippen MR) is 108 cm³/mol. The summed E-state index contributed by atoms with van der Waals surface area (Å²) in [4.78, 5) is 24.6. The Morgan fingerprint density at radius 1 is 1.04 bits per heavy atom. The van der Waals surface area contributed by atoms with Gasteiger partial charge in [-0.15, -0.1) is 0 Å². The van der Waals surface area contributed by atoms with Crippen molar-refractivity contribution >= 4 is 23.8 Å². The quantitative estimate of drug-likeness (QED) is 0.431. The van der Waals surface area contributed by atoms with Crippen LogP contribution in [0, 0.1) is 17.3 Å². The van der Waals surface area contributed by atoms with E-state index in [2.05, 4.69) is 13.8 Å². The van der Waals surface area contributed by atoms with Gasteiger partial charge in [0.05, 0.1) is 0 Å². The Labute approximate surface area is 159 Å². The highest BCUT2D eigenvalue weighted by molar-refractivity contribution is 7.99. The zero-order chi connectivity index (χ0) is 18.1. The average Bonchev–Trinajstić information content (AvgIpc) is 2.69. The van der Waals surface area contributed by atoms with Crippen LogP contribution in [0.5, 0.6) is 0 Å². The highest BCUT2D eigenvalue weighted by atomic mass is 32.2. The van der Waals surface area contributed by atoms with Gasteiger partial charge in [0.15, 0.2) is 0 Å². The van der Waals surface area contributed by atoms with E-state index < -0.39 is 0 Å². The van der Waals surface area contributed by atoms with Crippen LogP contribution in [0.15, 0.2) is 0 Å². The van der Waals surface area contributed by atoms with Gasteiger partial charge in [-0.2, -0.15) is 11.8 Å². The third-order valence-electron chi connectivity index (χ3n) is 6.62. The number of ketones is 1. The Kier molecular flexibility index (Phi) is 9.02. The first kappa shape index (κ1) is 21.0. The third-order valence-corrected chi connectivity index (χ3v) is 8.27. The topological polar surface area (TPSA) is 34.1 Å². The molecular weight excluding hydrogens is 328 g/mol. The first-order valence-corrected chi connectivity index (χ1v) is 11.8. The summed E-state index contributed by atoms with van der Waals surface area (Å²) in [6.07, 6.45) is 16.1. The van der Waals surface area contributed by atoms with E-state index in [1.165, 1.54) is 38.4 Å². The fraction of sp³-hybridized carbons (Fsp3) is 0.909. The van der Waals surface area contributed by atoms with Crippen molar-refractivity contribution in [2.24, 2.45) is 17.3 Å². The number of Topliss-reactive ketones (excluding diaryl/α,β-unsaturated/α-hetero) is 1. The zero-order valence-corrected chi connectivity index (χ0v) is 17.3. The van der Waals surface area contributed by atoms with Gasteiger partial charge in [0.2, 0.25) is 0 Å². The van der Waals surface area contributed by atoms with Gasteiger partial charge in [0, 0.05) is 28.3 Å². The summed E-state index contributed by atoms with van der Waals surface area (Å²) in [5.74, 6) is 2.18. The van der Waals surface area contributed by atoms with Crippen LogP contribution in [0.3, 0.4) is 0 Å². The Hall–Kier alpha value is -0.310. The molecule has 0 N–H and O–H groups in total. The van der Waals surface area contributed by atoms with Gasteiger partial charge < -0.3 is 4.79 Å². The van der Waals surface area contributed by atoms with Crippen LogP contribution in [-0.2, 0) is 9.59 Å². The summed E-state index contributed by atoms with van der Waals surface area (Å²) in [6, 6.07) is 0. The molecule has 0 aromatic carbocycles. The molecule has 0 heterocycles. The molecule has 2 nitrogen and oxygen atoms in total. The van der Waals surface area contributed by atoms with Crippen LogP contribution in [0.25, 0.3) is 0 Å². The number of rotatable bonds is 10. The molecule has 0 radical (unpaired) electrons. The maximum absolute atomic E-state index is 12.9. The molecule has 0 aromatic rings. The number of hydrogen-bond donors (Lipinski definition) is 0. The van der Waals surface area contributed by atoms with Gasteiger partial charge in [-0.3, -0.25) is 4.79 Å². The smallest absolute Gasteiger partial charge is 0.139 e. The van der Waals surface area contributed by atoms with Crippen LogP contribution in [0.4, 0.5) is 0 Å². The number of hydrogen-bond acceptors (Lipinski definition) is 3. The maximum atomic E-state index is 12.9. The van der Waals surface area contributed by atoms with Crippen molar-refractivity contribution in [3.63, 3.8) is 0 Å². The Balaban J connectivity index is 1.85. The van der Waals surface area contributed by atoms with Crippen molar-refractivity contribution in [2.75, 3.05) is 5.75 Å². The SMILES string of the molecule is CCCCC(C=O)(CC)CSC1CCCC(C(=O)C2CCCCC2)C1. The molecule has 0 amide bonds. The maximum Gasteiger partial charge on any atom is 0.139 e. The largest absolute Gasteiger partial charge is 0.303 e. The van der Waals surface area contributed by atoms with Crippen LogP contribution in [0.2, 0.25) is 0 Å². The lowest BCUT2D eigenvalue weighted by atomic mass is 9.76. The molecule has 3 unspecified atom stereocenters. The van der Waals surface area contributed by atoms with Crippen molar-refractivity contribution in [1.29, 1.82) is 0 Å². The number of carbonyl (C=O) groups is 2. The lowest BCUT2D eigenvalue weighted by Gasteiger charge is -2.34. The van der Waals surface area contributed by atoms with E-state index in [9.17, 15) is 9.59 Å². The molecule has 144 valence electrons. The van der Waals surface area contributed by atoms with E-state index in [4.69, 9.17) is 0 Å². The van der Waals surface area contributed by atoms with Crippen molar-refractivity contribution in [3.05, 3.63) is 0 Å². The van der Waals surface area contributed by atoms with Gasteiger partial charge in [-0.05, 0) is 44.9 Å². The number of thioether (sulfide) groups is 1. The molecule has 25 heavy (non-hydrogen) atoms. The van der Waals surface area contributed by atoms with E-state index >= 15 is 0 Å². The van der Waals surface area contributed by atoms with Gasteiger partial charge in [-0.1, -0.05) is 52.4 Å². The second-order valence-corrected chi connectivity index (χ2v) is 9.76. The molecule has 3 heteroatoms. The van der Waals surface area contributed by atoms with Crippen LogP contribution in [0.1, 0.15) is 97.3 Å². The summed E-state index contributed by atoms with van der Waals surface area (Å²) in [5.41, 5.74) is -0.138. The molecule has 2 fully saturated rings. The lowest BCUT2D eigenvalue weighted by molar-refractivity contribution is -0.128. The minimum atomic E-state index is -0.138. The Bertz CT molecular complexity index is 416. The second kappa shape index (κ2) is 10.7. The Morgan fingerprint density at radius 2 is 1.76 bits per heavy atom. The predicted octanol–water partition coefficient (Wildman–Crippen LogP) is 6.21. The highest BCUT2D eigenvalue weighted by Gasteiger charge is 2.34. The molecule has 2 aliphatic carbocycles. The van der Waals surface area contributed by atoms with Gasteiger partial charge in [-0.25, -0.2) is 0 Å². The Morgan fingerprint density at radius 3 is 2.40 bits per heavy atom. The first-order valence-electron chi connectivity index (χ1n) is 10.8. The highest BCUT2D eigenvalue weighted by Crippen LogP contribution is 2.40. The standard InChI is InChI=1S/C22H38O2S/c1-3-5-14-22(4-2,16-23)17-25-20-13-9-12-19(15-20)21(24)18-10-7-6-8-11-18/h16,18-20H,3-15,17H2,1-2H3. The van der Waals surface area contributed by atoms with Crippen molar-refractivity contribution in [2.45, 2.75) is 103 Å². The zero-order valence-electron chi connectivity index (χ0n) is 16.4. The summed E-state index contributed by atoms with van der Waals surface area (Å²) < 4.78 is 0. The van der Waals surface area contributed by atoms with Gasteiger partial charge in [0.25, 0.3) is 0 Å². The first-order chi connectivity index (χ1) is 12.1. The molecule has 0 spiro atoms. The molecule has 0 aromatic heterocycles. The molecule has 0 saturated heterocycles. The van der Waals surface area contributed by atoms with E-state index in [0.717, 1.165) is 57.1 Å². The minimum absolute atomic E-state index is 0.138. The fourth-order valence-corrected chi connectivity index (χ4v) is 6.30. The molecule has 2 rings (SSSR count). The van der Waals surface area contributed by atoms with E-state index in [0.29, 0.717) is 22.9 Å². The normalized spacial score (nSPS) is 27.6. The average molecular weight is 367 g/mol. The molecule has 0 bridgehead atoms. The fourth-order valence-electron chi connectivity index (χ4n) is 4.62. The van der Waals surface area contributed by atoms with Crippen LogP contribution in [-0.4, -0.2) is 23.1 Å². The molecule has 3 atom stereocenters. The van der Waals surface area contributed by atoms with Gasteiger partial charge in [0.1, 0.15) is 12.1 Å². The second-order valence-electron chi connectivity index (χ2n) is 8.47. The van der Waals surface area contributed by atoms with E-state index in [1.807, 2.05) is 11.8 Å². The monoisotopic (exact) mass is 366 g/mol. The molecule has 0 aliphatic heterocycles. The molecular formula is C22H38O2S. The van der Waals surface area contributed by atoms with E-state index in [1.54, 1.807) is 0 Å². The number of aldehydes is 1. The van der Waals surface area contributed by atoms with Crippen molar-refractivity contribution < 1.29 is 9.59 Å². The van der Waals surface area contributed by atoms with E-state index in [-0.39, 0.29) is 5.41 Å². The summed E-state index contributed by atoms with van der Waals surface area (Å²) >= 11 is 1.99. The summed E-state index contributed by atoms with van der Waals surface area (Å²) in [6.45, 7) is 4.35.